The number of nitrogens with zero attached hydrogens (tertiary/aromatic N) is 3. The van der Waals surface area contributed by atoms with Gasteiger partial charge in [0.2, 0.25) is 0 Å². The molecule has 0 saturated heterocycles. The molecule has 0 aliphatic heterocycles. The van der Waals surface area contributed by atoms with Crippen LogP contribution in [0.1, 0.15) is 20.3 Å². The molecule has 1 aliphatic carbocycles. The molecule has 1 atom stereocenters. The quantitative estimate of drug-likeness (QED) is 0.415. The molecule has 4 nitrogen and oxygen atoms in total. The van der Waals surface area contributed by atoms with Crippen LogP contribution >= 0.6 is 0 Å². The highest BCUT2D eigenvalue weighted by molar-refractivity contribution is 5.92. The predicted octanol–water partition coefficient (Wildman–Crippen LogP) is 1.16. The minimum atomic E-state index is -0.497. The standard InChI is InChI=1S/C10H15N3O/c1-3-13(8(2)14)10-6-4-9(12-11)5-7-10/h4,6-8,14H,3,5H2,1-2H3. The van der Waals surface area contributed by atoms with Gasteiger partial charge in [-0.25, -0.2) is 0 Å². The molecule has 1 aliphatic rings. The minimum Gasteiger partial charge on any atom is -0.374 e. The number of allylic oxidation sites excluding steroid dienone is 3. The van der Waals surface area contributed by atoms with Crippen molar-refractivity contribution >= 4 is 5.71 Å². The summed E-state index contributed by atoms with van der Waals surface area (Å²) in [5, 5.41) is 9.46. The zero-order chi connectivity index (χ0) is 10.6. The molecule has 1 N–H and O–H groups in total. The van der Waals surface area contributed by atoms with E-state index in [4.69, 9.17) is 5.53 Å². The molecular weight excluding hydrogens is 178 g/mol. The molecule has 0 aromatic rings. The maximum Gasteiger partial charge on any atom is 0.295 e. The lowest BCUT2D eigenvalue weighted by atomic mass is 10.1. The minimum absolute atomic E-state index is 0.497. The maximum atomic E-state index is 9.46. The van der Waals surface area contributed by atoms with E-state index in [1.807, 2.05) is 24.0 Å². The third-order valence-corrected chi connectivity index (χ3v) is 2.22. The number of aliphatic hydroxyl groups is 1. The maximum absolute atomic E-state index is 9.46. The summed E-state index contributed by atoms with van der Waals surface area (Å²) < 4.78 is 0. The van der Waals surface area contributed by atoms with Crippen molar-refractivity contribution in [3.8, 4) is 0 Å². The molecule has 0 spiro atoms. The van der Waals surface area contributed by atoms with E-state index in [9.17, 15) is 5.11 Å². The summed E-state index contributed by atoms with van der Waals surface area (Å²) in [6, 6.07) is 0. The largest absolute Gasteiger partial charge is 0.374 e. The normalized spacial score (nSPS) is 17.4. The van der Waals surface area contributed by atoms with Gasteiger partial charge in [0.25, 0.3) is 5.71 Å². The molecule has 76 valence electrons. The Morgan fingerprint density at radius 2 is 2.36 bits per heavy atom. The molecular formula is C10H15N3O. The van der Waals surface area contributed by atoms with Crippen molar-refractivity contribution < 1.29 is 9.90 Å². The van der Waals surface area contributed by atoms with Gasteiger partial charge >= 0.3 is 0 Å². The van der Waals surface area contributed by atoms with Gasteiger partial charge in [-0.1, -0.05) is 0 Å². The van der Waals surface area contributed by atoms with Crippen LogP contribution in [0.15, 0.2) is 23.9 Å². The van der Waals surface area contributed by atoms with Crippen molar-refractivity contribution in [2.24, 2.45) is 0 Å². The van der Waals surface area contributed by atoms with Crippen molar-refractivity contribution in [2.45, 2.75) is 26.5 Å². The van der Waals surface area contributed by atoms with Crippen LogP contribution in [0.3, 0.4) is 0 Å². The number of rotatable bonds is 3. The van der Waals surface area contributed by atoms with Gasteiger partial charge in [-0.2, -0.15) is 4.79 Å². The van der Waals surface area contributed by atoms with Gasteiger partial charge in [0, 0.05) is 18.3 Å². The van der Waals surface area contributed by atoms with Crippen LogP contribution in [0, 0.1) is 0 Å². The molecule has 1 unspecified atom stereocenters. The molecule has 0 heterocycles. The van der Waals surface area contributed by atoms with Gasteiger partial charge in [0.15, 0.2) is 0 Å². The first kappa shape index (κ1) is 10.7. The SMILES string of the molecule is CCN(C1=CCC(=[N+]=[N-])C=C1)C(C)O. The Kier molecular flexibility index (Phi) is 3.63. The Hall–Kier alpha value is -1.38. The lowest BCUT2D eigenvalue weighted by Crippen LogP contribution is -2.32. The second kappa shape index (κ2) is 4.74. The first-order chi connectivity index (χ1) is 6.69. The Bertz CT molecular complexity index is 311. The first-order valence-electron chi connectivity index (χ1n) is 4.73. The fraction of sp³-hybridized carbons (Fsp3) is 0.500. The molecule has 1 rings (SSSR count). The zero-order valence-electron chi connectivity index (χ0n) is 8.51. The molecule has 0 amide bonds. The number of hydrogen-bond acceptors (Lipinski definition) is 2. The lowest BCUT2D eigenvalue weighted by molar-refractivity contribution is -0.00571. The van der Waals surface area contributed by atoms with E-state index in [0.29, 0.717) is 12.1 Å². The van der Waals surface area contributed by atoms with Crippen molar-refractivity contribution in [1.29, 1.82) is 0 Å². The van der Waals surface area contributed by atoms with Gasteiger partial charge in [-0.05, 0) is 26.0 Å². The fourth-order valence-corrected chi connectivity index (χ4v) is 1.48. The summed E-state index contributed by atoms with van der Waals surface area (Å²) in [6.45, 7) is 4.46. The van der Waals surface area contributed by atoms with Gasteiger partial charge in [-0.15, -0.1) is 0 Å². The predicted molar refractivity (Wildman–Crippen MR) is 54.5 cm³/mol. The number of hydrogen-bond donors (Lipinski definition) is 1. The van der Waals surface area contributed by atoms with Crippen molar-refractivity contribution in [3.05, 3.63) is 29.5 Å². The van der Waals surface area contributed by atoms with Gasteiger partial charge < -0.3 is 15.5 Å². The molecule has 0 aromatic carbocycles. The van der Waals surface area contributed by atoms with E-state index < -0.39 is 6.23 Å². The van der Waals surface area contributed by atoms with Crippen LogP contribution in [0.25, 0.3) is 5.53 Å². The molecule has 14 heavy (non-hydrogen) atoms. The third kappa shape index (κ3) is 2.31. The summed E-state index contributed by atoms with van der Waals surface area (Å²) in [5.41, 5.74) is 10.1. The smallest absolute Gasteiger partial charge is 0.295 e. The van der Waals surface area contributed by atoms with Crippen molar-refractivity contribution in [2.75, 3.05) is 6.54 Å². The van der Waals surface area contributed by atoms with Gasteiger partial charge in [0.05, 0.1) is 6.42 Å². The van der Waals surface area contributed by atoms with Crippen LogP contribution < -0.4 is 0 Å². The van der Waals surface area contributed by atoms with Crippen LogP contribution in [0.5, 0.6) is 0 Å². The summed E-state index contributed by atoms with van der Waals surface area (Å²) in [5.74, 6) is 0. The Morgan fingerprint density at radius 1 is 1.64 bits per heavy atom. The second-order valence-corrected chi connectivity index (χ2v) is 3.18. The molecule has 4 heteroatoms. The molecule has 0 aromatic heterocycles. The number of likely N-dealkylation sites (N-methyl/N-ethyl adjacent to an activating group) is 1. The fourth-order valence-electron chi connectivity index (χ4n) is 1.48. The summed E-state index contributed by atoms with van der Waals surface area (Å²) in [6.07, 6.45) is 5.63. The highest BCUT2D eigenvalue weighted by Crippen LogP contribution is 2.14. The topological polar surface area (TPSA) is 59.9 Å². The zero-order valence-corrected chi connectivity index (χ0v) is 8.51. The molecule has 0 bridgehead atoms. The van der Waals surface area contributed by atoms with Crippen molar-refractivity contribution in [1.82, 2.24) is 4.90 Å². The lowest BCUT2D eigenvalue weighted by Gasteiger charge is -2.27. The molecule has 0 fully saturated rings. The van der Waals surface area contributed by atoms with Crippen LogP contribution in [-0.2, 0) is 0 Å². The highest BCUT2D eigenvalue weighted by atomic mass is 16.3. The first-order valence-corrected chi connectivity index (χ1v) is 4.73. The van der Waals surface area contributed by atoms with E-state index in [0.717, 1.165) is 12.2 Å². The van der Waals surface area contributed by atoms with E-state index in [1.165, 1.54) is 0 Å². The van der Waals surface area contributed by atoms with E-state index in [-0.39, 0.29) is 0 Å². The Labute approximate surface area is 83.8 Å². The van der Waals surface area contributed by atoms with E-state index in [1.54, 1.807) is 13.0 Å². The molecule has 0 radical (unpaired) electrons. The monoisotopic (exact) mass is 193 g/mol. The van der Waals surface area contributed by atoms with Crippen LogP contribution in [-0.4, -0.2) is 33.3 Å². The van der Waals surface area contributed by atoms with E-state index >= 15 is 0 Å². The van der Waals surface area contributed by atoms with Gasteiger partial charge in [-0.3, -0.25) is 0 Å². The third-order valence-electron chi connectivity index (χ3n) is 2.22. The van der Waals surface area contributed by atoms with Crippen LogP contribution in [0.2, 0.25) is 0 Å². The summed E-state index contributed by atoms with van der Waals surface area (Å²) >= 11 is 0. The summed E-state index contributed by atoms with van der Waals surface area (Å²) in [4.78, 5) is 4.98. The van der Waals surface area contributed by atoms with Crippen molar-refractivity contribution in [3.63, 3.8) is 0 Å². The Morgan fingerprint density at radius 3 is 2.71 bits per heavy atom. The average molecular weight is 193 g/mol. The van der Waals surface area contributed by atoms with Crippen LogP contribution in [0.4, 0.5) is 0 Å². The second-order valence-electron chi connectivity index (χ2n) is 3.18. The average Bonchev–Trinajstić information content (AvgIpc) is 2.19. The molecule has 0 saturated carbocycles. The Balaban J connectivity index is 2.77. The van der Waals surface area contributed by atoms with E-state index in [2.05, 4.69) is 4.79 Å². The number of aliphatic hydroxyl groups excluding tert-OH is 1. The summed E-state index contributed by atoms with van der Waals surface area (Å²) in [7, 11) is 0. The van der Waals surface area contributed by atoms with Gasteiger partial charge in [0.1, 0.15) is 6.23 Å². The highest BCUT2D eigenvalue weighted by Gasteiger charge is 2.15.